The van der Waals surface area contributed by atoms with Crippen LogP contribution in [0.1, 0.15) is 24.0 Å². The Kier molecular flexibility index (Phi) is 11.4. The Morgan fingerprint density at radius 3 is 2.19 bits per heavy atom. The fourth-order valence-electron chi connectivity index (χ4n) is 7.90. The molecule has 0 aliphatic carbocycles. The van der Waals surface area contributed by atoms with E-state index in [0.29, 0.717) is 29.1 Å². The van der Waals surface area contributed by atoms with Crippen molar-refractivity contribution in [3.05, 3.63) is 149 Å². The smallest absolute Gasteiger partial charge is 0.293 e. The van der Waals surface area contributed by atoms with Gasteiger partial charge >= 0.3 is 0 Å². The molecule has 0 atom stereocenters. The number of anilines is 3. The summed E-state index contributed by atoms with van der Waals surface area (Å²) in [6.45, 7) is 7.70. The summed E-state index contributed by atoms with van der Waals surface area (Å²) in [5.74, 6) is 0.461. The van der Waals surface area contributed by atoms with Crippen LogP contribution in [0.4, 0.5) is 22.9 Å². The van der Waals surface area contributed by atoms with Gasteiger partial charge in [0.05, 0.1) is 15.3 Å². The van der Waals surface area contributed by atoms with Gasteiger partial charge in [0.25, 0.3) is 15.7 Å². The first kappa shape index (κ1) is 38.0. The predicted octanol–water partition coefficient (Wildman–Crippen LogP) is 7.65. The number of nitrogens with zero attached hydrogens (tertiary/aromatic N) is 6. The second kappa shape index (κ2) is 17.1. The third kappa shape index (κ3) is 9.07. The van der Waals surface area contributed by atoms with Crippen molar-refractivity contribution in [2.45, 2.75) is 30.8 Å². The molecule has 3 heterocycles. The molecule has 8 rings (SSSR count). The first-order chi connectivity index (χ1) is 27.8. The van der Waals surface area contributed by atoms with E-state index in [-0.39, 0.29) is 16.4 Å². The van der Waals surface area contributed by atoms with Crippen molar-refractivity contribution in [2.75, 3.05) is 60.8 Å². The highest BCUT2D eigenvalue weighted by atomic mass is 32.2. The first-order valence-electron chi connectivity index (χ1n) is 19.5. The summed E-state index contributed by atoms with van der Waals surface area (Å²) in [6.07, 6.45) is 3.27. The maximum absolute atomic E-state index is 13.6. The molecule has 0 bridgehead atoms. The lowest BCUT2D eigenvalue weighted by Gasteiger charge is -2.36. The first-order valence-corrected chi connectivity index (χ1v) is 20.9. The average molecular weight is 783 g/mol. The zero-order valence-electron chi connectivity index (χ0n) is 31.7. The summed E-state index contributed by atoms with van der Waals surface area (Å²) in [5.41, 5.74) is 6.65. The molecule has 2 aliphatic rings. The van der Waals surface area contributed by atoms with Gasteiger partial charge < -0.3 is 10.2 Å². The van der Waals surface area contributed by atoms with Crippen LogP contribution in [-0.4, -0.2) is 78.9 Å². The van der Waals surface area contributed by atoms with Crippen LogP contribution >= 0.6 is 0 Å². The molecule has 2 saturated heterocycles. The van der Waals surface area contributed by atoms with Gasteiger partial charge in [-0.3, -0.25) is 24.6 Å². The number of nitrogens with one attached hydrogen (secondary N) is 2. The Bertz CT molecular complexity index is 2440. The van der Waals surface area contributed by atoms with Gasteiger partial charge in [-0.15, -0.1) is 0 Å². The number of hydrogen-bond acceptors (Lipinski definition) is 10. The Morgan fingerprint density at radius 2 is 1.44 bits per heavy atom. The molecule has 13 heteroatoms. The van der Waals surface area contributed by atoms with Crippen molar-refractivity contribution in [1.29, 1.82) is 0 Å². The van der Waals surface area contributed by atoms with Crippen molar-refractivity contribution < 1.29 is 13.3 Å². The minimum absolute atomic E-state index is 0.108. The number of fused-ring (bicyclic) bond motifs is 1. The third-order valence-electron chi connectivity index (χ3n) is 11.1. The minimum Gasteiger partial charge on any atom is -0.379 e. The van der Waals surface area contributed by atoms with E-state index in [1.807, 2.05) is 30.3 Å². The molecule has 0 amide bonds. The molecule has 2 aliphatic heterocycles. The van der Waals surface area contributed by atoms with Crippen LogP contribution in [0.3, 0.4) is 0 Å². The molecule has 2 N–H and O–H groups in total. The molecule has 5 aromatic carbocycles. The fraction of sp³-hybridized carbons (Fsp3) is 0.273. The molecule has 1 aromatic heterocycles. The topological polar surface area (TPSA) is 137 Å². The van der Waals surface area contributed by atoms with Gasteiger partial charge in [0.2, 0.25) is 0 Å². The maximum Gasteiger partial charge on any atom is 0.293 e. The number of nitro groups is 1. The Morgan fingerprint density at radius 1 is 0.737 bits per heavy atom. The summed E-state index contributed by atoms with van der Waals surface area (Å²) < 4.78 is 29.9. The van der Waals surface area contributed by atoms with Crippen LogP contribution in [0, 0.1) is 16.0 Å². The van der Waals surface area contributed by atoms with Gasteiger partial charge in [0.1, 0.15) is 12.0 Å². The van der Waals surface area contributed by atoms with Crippen LogP contribution in [0.2, 0.25) is 0 Å². The van der Waals surface area contributed by atoms with Gasteiger partial charge in [-0.25, -0.2) is 18.4 Å². The molecule has 292 valence electrons. The summed E-state index contributed by atoms with van der Waals surface area (Å²) in [4.78, 5) is 27.3. The van der Waals surface area contributed by atoms with E-state index >= 15 is 0 Å². The zero-order chi connectivity index (χ0) is 39.2. The monoisotopic (exact) mass is 782 g/mol. The fourth-order valence-corrected chi connectivity index (χ4v) is 8.95. The highest BCUT2D eigenvalue weighted by Gasteiger charge is 2.25. The van der Waals surface area contributed by atoms with E-state index in [0.717, 1.165) is 77.0 Å². The van der Waals surface area contributed by atoms with E-state index in [4.69, 9.17) is 0 Å². The van der Waals surface area contributed by atoms with Crippen LogP contribution in [-0.2, 0) is 23.1 Å². The molecule has 0 saturated carbocycles. The summed E-state index contributed by atoms with van der Waals surface area (Å²) in [7, 11) is -4.22. The standard InChI is InChI=1S/C44H46N8O4S/c53-52(54)43-28-38(16-18-41(43)45-29-33-19-21-49(22-20-33)30-34-9-3-1-4-10-34)57(55,56)48-44-40-17-15-37(27-42(40)46-32-47-44)51-25-23-50(24-26-51)31-36-13-7-8-14-39(36)35-11-5-2-6-12-35/h1-18,27-28,32-33,45H,19-26,29-31H2,(H,46,47,48). The van der Waals surface area contributed by atoms with E-state index < -0.39 is 14.9 Å². The number of piperidine rings is 1. The number of piperazine rings is 1. The maximum atomic E-state index is 13.6. The molecule has 57 heavy (non-hydrogen) atoms. The van der Waals surface area contributed by atoms with Crippen LogP contribution in [0.25, 0.3) is 22.0 Å². The minimum atomic E-state index is -4.22. The Balaban J connectivity index is 0.889. The van der Waals surface area contributed by atoms with Gasteiger partial charge in [-0.05, 0) is 84.4 Å². The van der Waals surface area contributed by atoms with E-state index in [1.54, 1.807) is 0 Å². The highest BCUT2D eigenvalue weighted by molar-refractivity contribution is 7.92. The number of nitro benzene ring substituents is 1. The number of aromatic nitrogens is 2. The lowest BCUT2D eigenvalue weighted by Crippen LogP contribution is -2.46. The summed E-state index contributed by atoms with van der Waals surface area (Å²) >= 11 is 0. The molecule has 12 nitrogen and oxygen atoms in total. The molecule has 0 radical (unpaired) electrons. The van der Waals surface area contributed by atoms with Gasteiger partial charge in [-0.2, -0.15) is 0 Å². The van der Waals surface area contributed by atoms with Crippen LogP contribution < -0.4 is 14.9 Å². The molecule has 0 unspecified atom stereocenters. The highest BCUT2D eigenvalue weighted by Crippen LogP contribution is 2.32. The summed E-state index contributed by atoms with van der Waals surface area (Å²) in [5, 5.41) is 15.9. The molecule has 2 fully saturated rings. The van der Waals surface area contributed by atoms with Crippen molar-refractivity contribution >= 4 is 43.8 Å². The number of rotatable bonds is 13. The van der Waals surface area contributed by atoms with Crippen molar-refractivity contribution in [3.8, 4) is 11.1 Å². The van der Waals surface area contributed by atoms with Gasteiger partial charge in [-0.1, -0.05) is 84.9 Å². The van der Waals surface area contributed by atoms with E-state index in [9.17, 15) is 18.5 Å². The Hall–Kier alpha value is -5.89. The molecule has 0 spiro atoms. The number of hydrogen-bond donors (Lipinski definition) is 2. The number of likely N-dealkylation sites (tertiary alicyclic amines) is 1. The molecular formula is C44H46N8O4S. The Labute approximate surface area is 333 Å². The largest absolute Gasteiger partial charge is 0.379 e. The zero-order valence-corrected chi connectivity index (χ0v) is 32.5. The van der Waals surface area contributed by atoms with Gasteiger partial charge in [0, 0.05) is 63.0 Å². The van der Waals surface area contributed by atoms with E-state index in [1.165, 1.54) is 40.7 Å². The second-order valence-electron chi connectivity index (χ2n) is 14.8. The molecule has 6 aromatic rings. The average Bonchev–Trinajstić information content (AvgIpc) is 3.24. The lowest BCUT2D eigenvalue weighted by atomic mass is 9.96. The van der Waals surface area contributed by atoms with Crippen molar-refractivity contribution in [2.24, 2.45) is 5.92 Å². The quantitative estimate of drug-likeness (QED) is 0.0888. The normalized spacial score (nSPS) is 15.8. The second-order valence-corrected chi connectivity index (χ2v) is 16.5. The SMILES string of the molecule is O=[N+]([O-])c1cc(S(=O)(=O)Nc2ncnc3cc(N4CCN(Cc5ccccc5-c5ccccc5)CC4)ccc23)ccc1NCC1CCN(Cc2ccccc2)CC1. The number of sulfonamides is 1. The summed E-state index contributed by atoms with van der Waals surface area (Å²) in [6, 6.07) is 39.1. The predicted molar refractivity (Wildman–Crippen MR) is 226 cm³/mol. The third-order valence-corrected chi connectivity index (χ3v) is 12.4. The van der Waals surface area contributed by atoms with Gasteiger partial charge in [0.15, 0.2) is 5.82 Å². The van der Waals surface area contributed by atoms with E-state index in [2.05, 4.69) is 108 Å². The lowest BCUT2D eigenvalue weighted by molar-refractivity contribution is -0.384. The van der Waals surface area contributed by atoms with Crippen molar-refractivity contribution in [3.63, 3.8) is 0 Å². The number of benzene rings is 5. The van der Waals surface area contributed by atoms with Crippen molar-refractivity contribution in [1.82, 2.24) is 19.8 Å². The molecular weight excluding hydrogens is 737 g/mol. The van der Waals surface area contributed by atoms with Crippen LogP contribution in [0.5, 0.6) is 0 Å². The van der Waals surface area contributed by atoms with Crippen LogP contribution in [0.15, 0.2) is 133 Å².